The van der Waals surface area contributed by atoms with E-state index in [4.69, 9.17) is 5.11 Å². The second-order valence-corrected chi connectivity index (χ2v) is 2.65. The van der Waals surface area contributed by atoms with Crippen molar-refractivity contribution in [3.05, 3.63) is 12.7 Å². The lowest BCUT2D eigenvalue weighted by Crippen LogP contribution is -1.96. The number of aliphatic hydroxyl groups is 1. The molecule has 0 saturated carbocycles. The fourth-order valence-electron chi connectivity index (χ4n) is 1.10. The van der Waals surface area contributed by atoms with Gasteiger partial charge in [-0.1, -0.05) is 19.4 Å². The van der Waals surface area contributed by atoms with Crippen molar-refractivity contribution < 1.29 is 5.11 Å². The first-order valence-corrected chi connectivity index (χ1v) is 4.08. The molecule has 0 radical (unpaired) electrons. The van der Waals surface area contributed by atoms with E-state index >= 15 is 0 Å². The van der Waals surface area contributed by atoms with Gasteiger partial charge in [-0.05, 0) is 25.2 Å². The first-order chi connectivity index (χ1) is 4.85. The highest BCUT2D eigenvalue weighted by molar-refractivity contribution is 4.77. The fraction of sp³-hybridized carbons (Fsp3) is 0.778. The van der Waals surface area contributed by atoms with E-state index < -0.39 is 0 Å². The van der Waals surface area contributed by atoms with Gasteiger partial charge in [0.05, 0.1) is 0 Å². The number of rotatable bonds is 6. The molecule has 1 atom stereocenters. The Morgan fingerprint density at radius 2 is 2.20 bits per heavy atom. The molecule has 0 saturated heterocycles. The Morgan fingerprint density at radius 3 is 2.60 bits per heavy atom. The average Bonchev–Trinajstić information content (AvgIpc) is 1.98. The Hall–Kier alpha value is -0.300. The lowest BCUT2D eigenvalue weighted by molar-refractivity contribution is 0.275. The molecule has 10 heavy (non-hydrogen) atoms. The molecule has 0 aliphatic heterocycles. The standard InChI is InChI=1S/C9H18O/c1-3-6-9(4-2)7-5-8-10/h4,9-10H,2-3,5-8H2,1H3. The van der Waals surface area contributed by atoms with Gasteiger partial charge >= 0.3 is 0 Å². The minimum Gasteiger partial charge on any atom is -0.396 e. The van der Waals surface area contributed by atoms with E-state index in [0.717, 1.165) is 12.8 Å². The van der Waals surface area contributed by atoms with Crippen molar-refractivity contribution in [2.45, 2.75) is 32.6 Å². The quantitative estimate of drug-likeness (QED) is 0.564. The van der Waals surface area contributed by atoms with Crippen LogP contribution in [0.2, 0.25) is 0 Å². The zero-order valence-electron chi connectivity index (χ0n) is 6.84. The summed E-state index contributed by atoms with van der Waals surface area (Å²) < 4.78 is 0. The van der Waals surface area contributed by atoms with E-state index in [0.29, 0.717) is 12.5 Å². The Bertz CT molecular complexity index is 78.8. The summed E-state index contributed by atoms with van der Waals surface area (Å²) in [6.07, 6.45) is 6.43. The molecule has 1 nitrogen and oxygen atoms in total. The summed E-state index contributed by atoms with van der Waals surface area (Å²) in [5.41, 5.74) is 0. The molecule has 0 aliphatic carbocycles. The molecular formula is C9H18O. The molecule has 60 valence electrons. The highest BCUT2D eigenvalue weighted by atomic mass is 16.2. The van der Waals surface area contributed by atoms with Crippen molar-refractivity contribution in [2.24, 2.45) is 5.92 Å². The predicted octanol–water partition coefficient (Wildman–Crippen LogP) is 2.36. The van der Waals surface area contributed by atoms with Crippen molar-refractivity contribution in [1.29, 1.82) is 0 Å². The van der Waals surface area contributed by atoms with E-state index in [1.807, 2.05) is 6.08 Å². The maximum atomic E-state index is 8.54. The number of hydrogen-bond donors (Lipinski definition) is 1. The van der Waals surface area contributed by atoms with Crippen LogP contribution in [0.1, 0.15) is 32.6 Å². The van der Waals surface area contributed by atoms with Gasteiger partial charge in [0.1, 0.15) is 0 Å². The van der Waals surface area contributed by atoms with Crippen molar-refractivity contribution in [3.63, 3.8) is 0 Å². The molecule has 1 N–H and O–H groups in total. The molecule has 0 aromatic heterocycles. The van der Waals surface area contributed by atoms with Gasteiger partial charge in [0.2, 0.25) is 0 Å². The molecule has 0 spiro atoms. The smallest absolute Gasteiger partial charge is 0.0431 e. The topological polar surface area (TPSA) is 20.2 Å². The molecule has 0 aromatic carbocycles. The third-order valence-corrected chi connectivity index (χ3v) is 1.73. The zero-order valence-corrected chi connectivity index (χ0v) is 6.84. The van der Waals surface area contributed by atoms with E-state index in [-0.39, 0.29) is 0 Å². The van der Waals surface area contributed by atoms with Gasteiger partial charge in [-0.25, -0.2) is 0 Å². The van der Waals surface area contributed by atoms with Gasteiger partial charge in [-0.15, -0.1) is 6.58 Å². The van der Waals surface area contributed by atoms with Crippen molar-refractivity contribution in [2.75, 3.05) is 6.61 Å². The normalized spacial score (nSPS) is 13.0. The third kappa shape index (κ3) is 4.57. The van der Waals surface area contributed by atoms with Crippen LogP contribution in [-0.2, 0) is 0 Å². The van der Waals surface area contributed by atoms with Crippen LogP contribution < -0.4 is 0 Å². The third-order valence-electron chi connectivity index (χ3n) is 1.73. The summed E-state index contributed by atoms with van der Waals surface area (Å²) in [5.74, 6) is 0.622. The lowest BCUT2D eigenvalue weighted by atomic mass is 9.99. The zero-order chi connectivity index (χ0) is 7.82. The maximum absolute atomic E-state index is 8.54. The van der Waals surface area contributed by atoms with E-state index in [9.17, 15) is 0 Å². The summed E-state index contributed by atoms with van der Waals surface area (Å²) >= 11 is 0. The van der Waals surface area contributed by atoms with Gasteiger partial charge in [0.15, 0.2) is 0 Å². The van der Waals surface area contributed by atoms with Gasteiger partial charge in [0.25, 0.3) is 0 Å². The minimum atomic E-state index is 0.314. The fourth-order valence-corrected chi connectivity index (χ4v) is 1.10. The van der Waals surface area contributed by atoms with Crippen LogP contribution in [0.5, 0.6) is 0 Å². The van der Waals surface area contributed by atoms with Crippen LogP contribution in [-0.4, -0.2) is 11.7 Å². The lowest BCUT2D eigenvalue weighted by Gasteiger charge is -2.08. The van der Waals surface area contributed by atoms with E-state index in [2.05, 4.69) is 13.5 Å². The van der Waals surface area contributed by atoms with Crippen LogP contribution in [0.3, 0.4) is 0 Å². The number of allylic oxidation sites excluding steroid dienone is 1. The summed E-state index contributed by atoms with van der Waals surface area (Å²) in [7, 11) is 0. The van der Waals surface area contributed by atoms with Crippen LogP contribution >= 0.6 is 0 Å². The first-order valence-electron chi connectivity index (χ1n) is 4.08. The Kier molecular flexibility index (Phi) is 6.61. The monoisotopic (exact) mass is 142 g/mol. The van der Waals surface area contributed by atoms with Crippen LogP contribution in [0.25, 0.3) is 0 Å². The van der Waals surface area contributed by atoms with Crippen LogP contribution in [0.15, 0.2) is 12.7 Å². The largest absolute Gasteiger partial charge is 0.396 e. The Balaban J connectivity index is 3.29. The second kappa shape index (κ2) is 6.81. The summed E-state index contributed by atoms with van der Waals surface area (Å²) in [4.78, 5) is 0. The Labute approximate surface area is 63.8 Å². The number of aliphatic hydroxyl groups excluding tert-OH is 1. The molecule has 0 heterocycles. The van der Waals surface area contributed by atoms with Crippen LogP contribution in [0, 0.1) is 5.92 Å². The van der Waals surface area contributed by atoms with Gasteiger partial charge in [0, 0.05) is 6.61 Å². The van der Waals surface area contributed by atoms with Crippen molar-refractivity contribution in [3.8, 4) is 0 Å². The predicted molar refractivity (Wildman–Crippen MR) is 44.9 cm³/mol. The molecule has 0 rings (SSSR count). The molecule has 0 amide bonds. The van der Waals surface area contributed by atoms with E-state index in [1.54, 1.807) is 0 Å². The minimum absolute atomic E-state index is 0.314. The molecule has 0 bridgehead atoms. The molecule has 0 aliphatic rings. The van der Waals surface area contributed by atoms with Gasteiger partial charge in [-0.2, -0.15) is 0 Å². The molecular weight excluding hydrogens is 124 g/mol. The molecule has 0 aromatic rings. The SMILES string of the molecule is C=CC(CCC)CCCO. The summed E-state index contributed by atoms with van der Waals surface area (Å²) in [6.45, 7) is 6.24. The first kappa shape index (κ1) is 9.70. The highest BCUT2D eigenvalue weighted by Crippen LogP contribution is 2.13. The highest BCUT2D eigenvalue weighted by Gasteiger charge is 2.00. The van der Waals surface area contributed by atoms with Crippen molar-refractivity contribution >= 4 is 0 Å². The molecule has 1 heteroatoms. The number of hydrogen-bond acceptors (Lipinski definition) is 1. The van der Waals surface area contributed by atoms with Gasteiger partial charge in [-0.3, -0.25) is 0 Å². The van der Waals surface area contributed by atoms with E-state index in [1.165, 1.54) is 12.8 Å². The maximum Gasteiger partial charge on any atom is 0.0431 e. The molecule has 1 unspecified atom stereocenters. The summed E-state index contributed by atoms with van der Waals surface area (Å²) in [6, 6.07) is 0. The van der Waals surface area contributed by atoms with Crippen molar-refractivity contribution in [1.82, 2.24) is 0 Å². The van der Waals surface area contributed by atoms with Gasteiger partial charge < -0.3 is 5.11 Å². The Morgan fingerprint density at radius 1 is 1.50 bits per heavy atom. The van der Waals surface area contributed by atoms with Crippen LogP contribution in [0.4, 0.5) is 0 Å². The second-order valence-electron chi connectivity index (χ2n) is 2.65. The summed E-state index contributed by atoms with van der Waals surface area (Å²) in [5, 5.41) is 8.54. The molecule has 0 fully saturated rings. The average molecular weight is 142 g/mol.